The number of hydrogen-bond acceptors (Lipinski definition) is 3. The molecule has 2 rings (SSSR count). The van der Waals surface area contributed by atoms with Crippen molar-refractivity contribution in [1.29, 1.82) is 0 Å². The van der Waals surface area contributed by atoms with Crippen molar-refractivity contribution in [3.8, 4) is 11.5 Å². The maximum Gasteiger partial charge on any atom is 0.133 e. The molecule has 0 amide bonds. The number of benzene rings is 2. The lowest BCUT2D eigenvalue weighted by Crippen LogP contribution is -2.01. The Labute approximate surface area is 126 Å². The van der Waals surface area contributed by atoms with Gasteiger partial charge in [-0.05, 0) is 49.1 Å². The van der Waals surface area contributed by atoms with E-state index in [0.717, 1.165) is 32.0 Å². The van der Waals surface area contributed by atoms with Crippen molar-refractivity contribution in [3.05, 3.63) is 52.0 Å². The lowest BCUT2D eigenvalue weighted by Gasteiger charge is -2.13. The van der Waals surface area contributed by atoms with Gasteiger partial charge in [0.15, 0.2) is 0 Å². The van der Waals surface area contributed by atoms with Crippen LogP contribution in [0.15, 0.2) is 45.8 Å². The summed E-state index contributed by atoms with van der Waals surface area (Å²) in [6, 6.07) is 12.0. The SMILES string of the molecule is CSc1cccc(Oc2ccc(Br)c(C)c2)c1CN. The van der Waals surface area contributed by atoms with Crippen LogP contribution < -0.4 is 10.5 Å². The molecule has 0 aromatic heterocycles. The van der Waals surface area contributed by atoms with E-state index < -0.39 is 0 Å². The first kappa shape index (κ1) is 14.4. The van der Waals surface area contributed by atoms with Crippen molar-refractivity contribution in [2.45, 2.75) is 18.4 Å². The van der Waals surface area contributed by atoms with Gasteiger partial charge in [0.1, 0.15) is 11.5 Å². The fraction of sp³-hybridized carbons (Fsp3) is 0.200. The van der Waals surface area contributed by atoms with Crippen LogP contribution in [0.25, 0.3) is 0 Å². The second-order valence-corrected chi connectivity index (χ2v) is 5.86. The molecule has 0 aliphatic carbocycles. The van der Waals surface area contributed by atoms with Gasteiger partial charge in [-0.3, -0.25) is 0 Å². The average molecular weight is 338 g/mol. The molecule has 2 aromatic carbocycles. The van der Waals surface area contributed by atoms with Crippen molar-refractivity contribution in [2.24, 2.45) is 5.73 Å². The normalized spacial score (nSPS) is 10.5. The number of ether oxygens (including phenoxy) is 1. The third kappa shape index (κ3) is 3.32. The molecule has 0 unspecified atom stereocenters. The van der Waals surface area contributed by atoms with E-state index in [2.05, 4.69) is 22.0 Å². The fourth-order valence-corrected chi connectivity index (χ4v) is 2.73. The highest BCUT2D eigenvalue weighted by Gasteiger charge is 2.09. The molecule has 100 valence electrons. The summed E-state index contributed by atoms with van der Waals surface area (Å²) in [4.78, 5) is 1.16. The van der Waals surface area contributed by atoms with Crippen molar-refractivity contribution < 1.29 is 4.74 Å². The minimum absolute atomic E-state index is 0.474. The average Bonchev–Trinajstić information content (AvgIpc) is 2.42. The molecule has 2 nitrogen and oxygen atoms in total. The van der Waals surface area contributed by atoms with E-state index in [-0.39, 0.29) is 0 Å². The number of rotatable bonds is 4. The van der Waals surface area contributed by atoms with Crippen LogP contribution in [-0.2, 0) is 6.54 Å². The molecule has 0 fully saturated rings. The van der Waals surface area contributed by atoms with Crippen LogP contribution in [0, 0.1) is 6.92 Å². The van der Waals surface area contributed by atoms with Crippen molar-refractivity contribution >= 4 is 27.7 Å². The minimum atomic E-state index is 0.474. The molecule has 0 bridgehead atoms. The van der Waals surface area contributed by atoms with E-state index in [4.69, 9.17) is 10.5 Å². The van der Waals surface area contributed by atoms with Gasteiger partial charge in [-0.1, -0.05) is 22.0 Å². The molecule has 0 aliphatic heterocycles. The number of nitrogens with two attached hydrogens (primary N) is 1. The Bertz CT molecular complexity index is 586. The highest BCUT2D eigenvalue weighted by molar-refractivity contribution is 9.10. The third-order valence-electron chi connectivity index (χ3n) is 2.87. The Morgan fingerprint density at radius 2 is 2.05 bits per heavy atom. The van der Waals surface area contributed by atoms with Crippen LogP contribution >= 0.6 is 27.7 Å². The zero-order valence-corrected chi connectivity index (χ0v) is 13.3. The van der Waals surface area contributed by atoms with Gasteiger partial charge in [0.25, 0.3) is 0 Å². The summed E-state index contributed by atoms with van der Waals surface area (Å²) in [6.07, 6.45) is 2.04. The van der Waals surface area contributed by atoms with Gasteiger partial charge in [-0.2, -0.15) is 0 Å². The standard InChI is InChI=1S/C15H16BrNOS/c1-10-8-11(6-7-13(10)16)18-14-4-3-5-15(19-2)12(14)9-17/h3-8H,9,17H2,1-2H3. The first-order chi connectivity index (χ1) is 9.15. The summed E-state index contributed by atoms with van der Waals surface area (Å²) >= 11 is 5.17. The van der Waals surface area contributed by atoms with E-state index in [9.17, 15) is 0 Å². The van der Waals surface area contributed by atoms with Crippen LogP contribution in [0.3, 0.4) is 0 Å². The molecule has 0 saturated carbocycles. The van der Waals surface area contributed by atoms with Gasteiger partial charge in [0, 0.05) is 21.5 Å². The number of aryl methyl sites for hydroxylation is 1. The number of halogens is 1. The van der Waals surface area contributed by atoms with Gasteiger partial charge in [-0.15, -0.1) is 11.8 Å². The van der Waals surface area contributed by atoms with E-state index in [0.29, 0.717) is 6.54 Å². The van der Waals surface area contributed by atoms with Crippen LogP contribution in [-0.4, -0.2) is 6.26 Å². The molecule has 0 spiro atoms. The molecule has 19 heavy (non-hydrogen) atoms. The van der Waals surface area contributed by atoms with Crippen LogP contribution in [0.2, 0.25) is 0 Å². The third-order valence-corrected chi connectivity index (χ3v) is 4.58. The van der Waals surface area contributed by atoms with Crippen molar-refractivity contribution in [1.82, 2.24) is 0 Å². The molecule has 0 aliphatic rings. The van der Waals surface area contributed by atoms with Gasteiger partial charge in [0.2, 0.25) is 0 Å². The zero-order valence-electron chi connectivity index (χ0n) is 10.9. The van der Waals surface area contributed by atoms with Crippen LogP contribution in [0.4, 0.5) is 0 Å². The summed E-state index contributed by atoms with van der Waals surface area (Å²) in [5.41, 5.74) is 8.03. The quantitative estimate of drug-likeness (QED) is 0.819. The first-order valence-electron chi connectivity index (χ1n) is 5.95. The Morgan fingerprint density at radius 1 is 1.26 bits per heavy atom. The molecule has 0 heterocycles. The van der Waals surface area contributed by atoms with Gasteiger partial charge >= 0.3 is 0 Å². The summed E-state index contributed by atoms with van der Waals surface area (Å²) in [6.45, 7) is 2.51. The predicted molar refractivity (Wildman–Crippen MR) is 85.1 cm³/mol. The van der Waals surface area contributed by atoms with Gasteiger partial charge in [-0.25, -0.2) is 0 Å². The molecule has 4 heteroatoms. The number of hydrogen-bond donors (Lipinski definition) is 1. The maximum absolute atomic E-state index is 5.96. The second kappa shape index (κ2) is 6.46. The monoisotopic (exact) mass is 337 g/mol. The minimum Gasteiger partial charge on any atom is -0.457 e. The fourth-order valence-electron chi connectivity index (χ4n) is 1.84. The Kier molecular flexibility index (Phi) is 4.91. The van der Waals surface area contributed by atoms with Crippen LogP contribution in [0.1, 0.15) is 11.1 Å². The van der Waals surface area contributed by atoms with Crippen molar-refractivity contribution in [2.75, 3.05) is 6.26 Å². The van der Waals surface area contributed by atoms with E-state index >= 15 is 0 Å². The summed E-state index contributed by atoms with van der Waals surface area (Å²) in [5, 5.41) is 0. The molecule has 0 atom stereocenters. The van der Waals surface area contributed by atoms with Gasteiger partial charge < -0.3 is 10.5 Å². The van der Waals surface area contributed by atoms with Gasteiger partial charge in [0.05, 0.1) is 0 Å². The zero-order chi connectivity index (χ0) is 13.8. The van der Waals surface area contributed by atoms with E-state index in [1.165, 1.54) is 0 Å². The Morgan fingerprint density at radius 3 is 2.68 bits per heavy atom. The highest BCUT2D eigenvalue weighted by atomic mass is 79.9. The molecule has 0 saturated heterocycles. The first-order valence-corrected chi connectivity index (χ1v) is 7.97. The Balaban J connectivity index is 2.35. The largest absolute Gasteiger partial charge is 0.457 e. The van der Waals surface area contributed by atoms with Crippen LogP contribution in [0.5, 0.6) is 11.5 Å². The molecule has 0 radical (unpaired) electrons. The molecule has 2 N–H and O–H groups in total. The molecular weight excluding hydrogens is 322 g/mol. The Hall–Kier alpha value is -0.970. The predicted octanol–water partition coefficient (Wildman–Crippen LogP) is 4.73. The van der Waals surface area contributed by atoms with Crippen molar-refractivity contribution in [3.63, 3.8) is 0 Å². The summed E-state index contributed by atoms with van der Waals surface area (Å²) in [5.74, 6) is 1.66. The molecular formula is C15H16BrNOS. The van der Waals surface area contributed by atoms with E-state index in [1.807, 2.05) is 43.5 Å². The summed E-state index contributed by atoms with van der Waals surface area (Å²) in [7, 11) is 0. The maximum atomic E-state index is 5.96. The second-order valence-electron chi connectivity index (χ2n) is 4.15. The van der Waals surface area contributed by atoms with E-state index in [1.54, 1.807) is 11.8 Å². The number of thioether (sulfide) groups is 1. The molecule has 2 aromatic rings. The lowest BCUT2D eigenvalue weighted by molar-refractivity contribution is 0.474. The topological polar surface area (TPSA) is 35.2 Å². The highest BCUT2D eigenvalue weighted by Crippen LogP contribution is 2.32. The smallest absolute Gasteiger partial charge is 0.133 e. The lowest BCUT2D eigenvalue weighted by atomic mass is 10.2. The summed E-state index contributed by atoms with van der Waals surface area (Å²) < 4.78 is 7.04.